The van der Waals surface area contributed by atoms with Crippen LogP contribution in [0.5, 0.6) is 0 Å². The molecule has 1 amide bonds. The molecule has 1 aromatic heterocycles. The fourth-order valence-corrected chi connectivity index (χ4v) is 2.68. The SMILES string of the molecule is O=C(NOCc1ccccc1)[C@H]1CCCN(c2ncccn2)C1. The second-order valence-electron chi connectivity index (χ2n) is 5.57. The number of nitrogens with one attached hydrogen (secondary N) is 1. The van der Waals surface area contributed by atoms with E-state index in [1.165, 1.54) is 0 Å². The summed E-state index contributed by atoms with van der Waals surface area (Å²) in [4.78, 5) is 28.1. The van der Waals surface area contributed by atoms with E-state index in [0.717, 1.165) is 24.9 Å². The number of hydrogen-bond acceptors (Lipinski definition) is 5. The van der Waals surface area contributed by atoms with Crippen molar-refractivity contribution in [2.45, 2.75) is 19.4 Å². The average Bonchev–Trinajstić information content (AvgIpc) is 2.63. The molecule has 1 atom stereocenters. The van der Waals surface area contributed by atoms with Gasteiger partial charge in [0.05, 0.1) is 12.5 Å². The summed E-state index contributed by atoms with van der Waals surface area (Å²) in [6, 6.07) is 11.5. The van der Waals surface area contributed by atoms with Crippen LogP contribution in [0.4, 0.5) is 5.95 Å². The zero-order valence-corrected chi connectivity index (χ0v) is 12.9. The fraction of sp³-hybridized carbons (Fsp3) is 0.353. The molecule has 2 aromatic rings. The number of hydrogen-bond donors (Lipinski definition) is 1. The summed E-state index contributed by atoms with van der Waals surface area (Å²) in [7, 11) is 0. The van der Waals surface area contributed by atoms with Crippen molar-refractivity contribution in [3.8, 4) is 0 Å². The maximum atomic E-state index is 12.3. The number of piperidine rings is 1. The van der Waals surface area contributed by atoms with E-state index in [9.17, 15) is 4.79 Å². The molecule has 120 valence electrons. The second kappa shape index (κ2) is 7.69. The van der Waals surface area contributed by atoms with Gasteiger partial charge in [0.25, 0.3) is 0 Å². The van der Waals surface area contributed by atoms with Crippen LogP contribution in [0.25, 0.3) is 0 Å². The number of carbonyl (C=O) groups is 1. The summed E-state index contributed by atoms with van der Waals surface area (Å²) in [5.74, 6) is 0.486. The highest BCUT2D eigenvalue weighted by atomic mass is 16.6. The predicted molar refractivity (Wildman–Crippen MR) is 86.3 cm³/mol. The molecule has 1 fully saturated rings. The van der Waals surface area contributed by atoms with Gasteiger partial charge in [0.2, 0.25) is 11.9 Å². The Balaban J connectivity index is 1.49. The van der Waals surface area contributed by atoms with E-state index < -0.39 is 0 Å². The monoisotopic (exact) mass is 312 g/mol. The Morgan fingerprint density at radius 1 is 1.22 bits per heavy atom. The number of amides is 1. The Bertz CT molecular complexity index is 621. The molecule has 1 aliphatic heterocycles. The van der Waals surface area contributed by atoms with E-state index in [2.05, 4.69) is 15.4 Å². The Hall–Kier alpha value is -2.47. The standard InChI is InChI=1S/C17H20N4O2/c22-16(20-23-13-14-6-2-1-3-7-14)15-8-4-11-21(12-15)17-18-9-5-10-19-17/h1-3,5-7,9-10,15H,4,8,11-13H2,(H,20,22)/t15-/m0/s1. The molecule has 0 spiro atoms. The first-order chi connectivity index (χ1) is 11.3. The molecule has 6 heteroatoms. The highest BCUT2D eigenvalue weighted by Gasteiger charge is 2.27. The highest BCUT2D eigenvalue weighted by molar-refractivity contribution is 5.78. The van der Waals surface area contributed by atoms with Gasteiger partial charge in [-0.05, 0) is 24.5 Å². The molecule has 0 radical (unpaired) electrons. The van der Waals surface area contributed by atoms with Gasteiger partial charge in [-0.2, -0.15) is 0 Å². The van der Waals surface area contributed by atoms with E-state index in [4.69, 9.17) is 4.84 Å². The third-order valence-corrected chi connectivity index (χ3v) is 3.88. The molecular weight excluding hydrogens is 292 g/mol. The van der Waals surface area contributed by atoms with Crippen molar-refractivity contribution in [2.24, 2.45) is 5.92 Å². The lowest BCUT2D eigenvalue weighted by Crippen LogP contribution is -2.43. The second-order valence-corrected chi connectivity index (χ2v) is 5.57. The molecule has 0 saturated carbocycles. The summed E-state index contributed by atoms with van der Waals surface area (Å²) in [6.07, 6.45) is 5.23. The normalized spacial score (nSPS) is 17.7. The van der Waals surface area contributed by atoms with Crippen LogP contribution in [-0.2, 0) is 16.2 Å². The zero-order chi connectivity index (χ0) is 15.9. The molecular formula is C17H20N4O2. The molecule has 1 N–H and O–H groups in total. The number of aromatic nitrogens is 2. The molecule has 3 rings (SSSR count). The van der Waals surface area contributed by atoms with E-state index in [-0.39, 0.29) is 11.8 Å². The fourth-order valence-electron chi connectivity index (χ4n) is 2.68. The van der Waals surface area contributed by atoms with Gasteiger partial charge in [0, 0.05) is 25.5 Å². The number of carbonyl (C=O) groups excluding carboxylic acids is 1. The molecule has 0 aliphatic carbocycles. The molecule has 23 heavy (non-hydrogen) atoms. The van der Waals surface area contributed by atoms with Crippen LogP contribution >= 0.6 is 0 Å². The van der Waals surface area contributed by atoms with Gasteiger partial charge in [-0.3, -0.25) is 9.63 Å². The van der Waals surface area contributed by atoms with Crippen LogP contribution in [0.1, 0.15) is 18.4 Å². The van der Waals surface area contributed by atoms with E-state index in [1.807, 2.05) is 35.2 Å². The summed E-state index contributed by atoms with van der Waals surface area (Å²) >= 11 is 0. The van der Waals surface area contributed by atoms with Gasteiger partial charge in [0.1, 0.15) is 0 Å². The topological polar surface area (TPSA) is 67.3 Å². The minimum atomic E-state index is -0.108. The van der Waals surface area contributed by atoms with Crippen LogP contribution < -0.4 is 10.4 Å². The van der Waals surface area contributed by atoms with Crippen LogP contribution in [0.15, 0.2) is 48.8 Å². The molecule has 1 aromatic carbocycles. The van der Waals surface area contributed by atoms with Gasteiger partial charge in [-0.15, -0.1) is 0 Å². The quantitative estimate of drug-likeness (QED) is 0.855. The van der Waals surface area contributed by atoms with Crippen molar-refractivity contribution in [3.63, 3.8) is 0 Å². The predicted octanol–water partition coefficient (Wildman–Crippen LogP) is 1.94. The number of hydroxylamine groups is 1. The summed E-state index contributed by atoms with van der Waals surface area (Å²) in [6.45, 7) is 1.86. The smallest absolute Gasteiger partial charge is 0.248 e. The Kier molecular flexibility index (Phi) is 5.16. The van der Waals surface area contributed by atoms with Gasteiger partial charge in [-0.25, -0.2) is 15.4 Å². The number of benzene rings is 1. The Morgan fingerprint density at radius 2 is 2.00 bits per heavy atom. The number of anilines is 1. The first-order valence-corrected chi connectivity index (χ1v) is 7.80. The lowest BCUT2D eigenvalue weighted by atomic mass is 9.98. The summed E-state index contributed by atoms with van der Waals surface area (Å²) < 4.78 is 0. The first-order valence-electron chi connectivity index (χ1n) is 7.80. The molecule has 2 heterocycles. The molecule has 6 nitrogen and oxygen atoms in total. The zero-order valence-electron chi connectivity index (χ0n) is 12.9. The van der Waals surface area contributed by atoms with Gasteiger partial charge >= 0.3 is 0 Å². The molecule has 1 aliphatic rings. The summed E-state index contributed by atoms with van der Waals surface area (Å²) in [5, 5.41) is 0. The average molecular weight is 312 g/mol. The van der Waals surface area contributed by atoms with E-state index in [1.54, 1.807) is 18.5 Å². The van der Waals surface area contributed by atoms with Crippen LogP contribution in [0.2, 0.25) is 0 Å². The van der Waals surface area contributed by atoms with Gasteiger partial charge < -0.3 is 4.90 Å². The van der Waals surface area contributed by atoms with Crippen molar-refractivity contribution in [1.29, 1.82) is 0 Å². The number of rotatable bonds is 5. The lowest BCUT2D eigenvalue weighted by Gasteiger charge is -2.31. The van der Waals surface area contributed by atoms with Crippen molar-refractivity contribution < 1.29 is 9.63 Å². The third kappa shape index (κ3) is 4.26. The maximum absolute atomic E-state index is 12.3. The van der Waals surface area contributed by atoms with Gasteiger partial charge in [0.15, 0.2) is 0 Å². The Labute approximate surface area is 135 Å². The van der Waals surface area contributed by atoms with E-state index >= 15 is 0 Å². The molecule has 0 bridgehead atoms. The van der Waals surface area contributed by atoms with Crippen LogP contribution in [0, 0.1) is 5.92 Å². The number of nitrogens with zero attached hydrogens (tertiary/aromatic N) is 3. The van der Waals surface area contributed by atoms with Crippen molar-refractivity contribution in [1.82, 2.24) is 15.4 Å². The van der Waals surface area contributed by atoms with Crippen molar-refractivity contribution in [2.75, 3.05) is 18.0 Å². The van der Waals surface area contributed by atoms with Crippen LogP contribution in [-0.4, -0.2) is 29.0 Å². The summed E-state index contributed by atoms with van der Waals surface area (Å²) in [5.41, 5.74) is 3.59. The van der Waals surface area contributed by atoms with E-state index in [0.29, 0.717) is 19.1 Å². The maximum Gasteiger partial charge on any atom is 0.248 e. The molecule has 1 saturated heterocycles. The van der Waals surface area contributed by atoms with Gasteiger partial charge in [-0.1, -0.05) is 30.3 Å². The minimum Gasteiger partial charge on any atom is -0.340 e. The largest absolute Gasteiger partial charge is 0.340 e. The minimum absolute atomic E-state index is 0.0819. The lowest BCUT2D eigenvalue weighted by molar-refractivity contribution is -0.139. The van der Waals surface area contributed by atoms with Crippen LogP contribution in [0.3, 0.4) is 0 Å². The third-order valence-electron chi connectivity index (χ3n) is 3.88. The Morgan fingerprint density at radius 3 is 2.78 bits per heavy atom. The molecule has 0 unspecified atom stereocenters. The highest BCUT2D eigenvalue weighted by Crippen LogP contribution is 2.20. The van der Waals surface area contributed by atoms with Crippen molar-refractivity contribution in [3.05, 3.63) is 54.4 Å². The first kappa shape index (κ1) is 15.4. The van der Waals surface area contributed by atoms with Crippen molar-refractivity contribution >= 4 is 11.9 Å².